The zero-order valence-electron chi connectivity index (χ0n) is 12.6. The van der Waals surface area contributed by atoms with Crippen LogP contribution in [0.3, 0.4) is 0 Å². The Balaban J connectivity index is 1.51. The molecule has 1 aliphatic heterocycles. The molecule has 22 heavy (non-hydrogen) atoms. The second-order valence-electron chi connectivity index (χ2n) is 5.88. The fraction of sp³-hybridized carbons (Fsp3) is 0.353. The average Bonchev–Trinajstić information content (AvgIpc) is 3.15. The Morgan fingerprint density at radius 2 is 2.27 bits per heavy atom. The van der Waals surface area contributed by atoms with Crippen LogP contribution in [0.4, 0.5) is 0 Å². The van der Waals surface area contributed by atoms with E-state index in [9.17, 15) is 0 Å². The van der Waals surface area contributed by atoms with Gasteiger partial charge in [0.2, 0.25) is 0 Å². The summed E-state index contributed by atoms with van der Waals surface area (Å²) in [6.07, 6.45) is 4.58. The molecule has 4 heterocycles. The SMILES string of the molecule is C[C@@H]1CN(Cc2cn3ccccc3n2)C[C@H](c2ccsc2)O1. The number of aromatic nitrogens is 2. The second kappa shape index (κ2) is 5.83. The van der Waals surface area contributed by atoms with E-state index in [0.717, 1.165) is 31.0 Å². The van der Waals surface area contributed by atoms with E-state index in [1.165, 1.54) is 5.56 Å². The first kappa shape index (κ1) is 13.9. The molecule has 4 rings (SSSR count). The van der Waals surface area contributed by atoms with E-state index in [0.29, 0.717) is 0 Å². The number of pyridine rings is 1. The molecule has 0 bridgehead atoms. The number of fused-ring (bicyclic) bond motifs is 1. The molecule has 114 valence electrons. The smallest absolute Gasteiger partial charge is 0.137 e. The van der Waals surface area contributed by atoms with Crippen molar-refractivity contribution in [3.63, 3.8) is 0 Å². The Labute approximate surface area is 134 Å². The van der Waals surface area contributed by atoms with Crippen LogP contribution in [0.5, 0.6) is 0 Å². The topological polar surface area (TPSA) is 29.8 Å². The molecule has 0 spiro atoms. The van der Waals surface area contributed by atoms with Crippen LogP contribution in [0, 0.1) is 0 Å². The third-order valence-corrected chi connectivity index (χ3v) is 4.75. The van der Waals surface area contributed by atoms with E-state index in [-0.39, 0.29) is 12.2 Å². The van der Waals surface area contributed by atoms with Gasteiger partial charge in [0.15, 0.2) is 0 Å². The van der Waals surface area contributed by atoms with Crippen LogP contribution in [0.25, 0.3) is 5.65 Å². The van der Waals surface area contributed by atoms with E-state index in [1.54, 1.807) is 11.3 Å². The monoisotopic (exact) mass is 313 g/mol. The van der Waals surface area contributed by atoms with Crippen molar-refractivity contribution < 1.29 is 4.74 Å². The summed E-state index contributed by atoms with van der Waals surface area (Å²) < 4.78 is 8.18. The fourth-order valence-electron chi connectivity index (χ4n) is 3.10. The van der Waals surface area contributed by atoms with Gasteiger partial charge in [0.25, 0.3) is 0 Å². The van der Waals surface area contributed by atoms with Crippen molar-refractivity contribution in [2.24, 2.45) is 0 Å². The Kier molecular flexibility index (Phi) is 3.70. The molecule has 3 aromatic heterocycles. The van der Waals surface area contributed by atoms with E-state index < -0.39 is 0 Å². The highest BCUT2D eigenvalue weighted by molar-refractivity contribution is 7.07. The van der Waals surface area contributed by atoms with Gasteiger partial charge >= 0.3 is 0 Å². The minimum Gasteiger partial charge on any atom is -0.368 e. The molecule has 5 heteroatoms. The van der Waals surface area contributed by atoms with Crippen LogP contribution in [-0.2, 0) is 11.3 Å². The van der Waals surface area contributed by atoms with Gasteiger partial charge in [-0.15, -0.1) is 0 Å². The van der Waals surface area contributed by atoms with E-state index in [4.69, 9.17) is 9.72 Å². The molecule has 1 saturated heterocycles. The number of morpholine rings is 1. The van der Waals surface area contributed by atoms with Crippen molar-refractivity contribution in [2.45, 2.75) is 25.7 Å². The largest absolute Gasteiger partial charge is 0.368 e. The molecule has 0 amide bonds. The number of ether oxygens (including phenoxy) is 1. The zero-order valence-corrected chi connectivity index (χ0v) is 13.4. The molecule has 0 aliphatic carbocycles. The Bertz CT molecular complexity index is 719. The summed E-state index contributed by atoms with van der Waals surface area (Å²) in [6, 6.07) is 8.26. The van der Waals surface area contributed by atoms with Crippen molar-refractivity contribution in [2.75, 3.05) is 13.1 Å². The molecule has 1 fully saturated rings. The lowest BCUT2D eigenvalue weighted by Gasteiger charge is -2.36. The normalized spacial score (nSPS) is 23.1. The molecule has 0 unspecified atom stereocenters. The highest BCUT2D eigenvalue weighted by Gasteiger charge is 2.27. The lowest BCUT2D eigenvalue weighted by molar-refractivity contribution is -0.0814. The molecule has 4 nitrogen and oxygen atoms in total. The molecule has 0 N–H and O–H groups in total. The average molecular weight is 313 g/mol. The molecule has 1 aliphatic rings. The minimum absolute atomic E-state index is 0.173. The second-order valence-corrected chi connectivity index (χ2v) is 6.66. The van der Waals surface area contributed by atoms with E-state index in [1.807, 2.05) is 24.4 Å². The van der Waals surface area contributed by atoms with Crippen molar-refractivity contribution in [3.05, 3.63) is 58.7 Å². The van der Waals surface area contributed by atoms with Gasteiger partial charge in [-0.1, -0.05) is 6.07 Å². The third kappa shape index (κ3) is 2.79. The van der Waals surface area contributed by atoms with Gasteiger partial charge in [0.05, 0.1) is 17.9 Å². The summed E-state index contributed by atoms with van der Waals surface area (Å²) in [5.41, 5.74) is 3.41. The number of hydrogen-bond donors (Lipinski definition) is 0. The highest BCUT2D eigenvalue weighted by atomic mass is 32.1. The van der Waals surface area contributed by atoms with Crippen LogP contribution in [0.2, 0.25) is 0 Å². The summed E-state index contributed by atoms with van der Waals surface area (Å²) in [5, 5.41) is 4.30. The first-order valence-corrected chi connectivity index (χ1v) is 8.55. The summed E-state index contributed by atoms with van der Waals surface area (Å²) in [4.78, 5) is 7.14. The summed E-state index contributed by atoms with van der Waals surface area (Å²) in [5.74, 6) is 0. The maximum atomic E-state index is 6.10. The maximum Gasteiger partial charge on any atom is 0.137 e. The standard InChI is InChI=1S/C17H19N3OS/c1-13-8-19(11-16(21-13)14-5-7-22-12-14)9-15-10-20-6-3-2-4-17(20)18-15/h2-7,10,12-13,16H,8-9,11H2,1H3/t13-,16-/m1/s1. The van der Waals surface area contributed by atoms with Crippen LogP contribution >= 0.6 is 11.3 Å². The Morgan fingerprint density at radius 1 is 1.32 bits per heavy atom. The Hall–Kier alpha value is -1.69. The van der Waals surface area contributed by atoms with Crippen LogP contribution in [0.1, 0.15) is 24.3 Å². The van der Waals surface area contributed by atoms with Crippen LogP contribution in [0.15, 0.2) is 47.4 Å². The predicted octanol–water partition coefficient (Wildman–Crippen LogP) is 3.36. The van der Waals surface area contributed by atoms with E-state index >= 15 is 0 Å². The molecule has 2 atom stereocenters. The number of rotatable bonds is 3. The molecular weight excluding hydrogens is 294 g/mol. The summed E-state index contributed by atoms with van der Waals surface area (Å²) in [6.45, 7) is 4.90. The quantitative estimate of drug-likeness (QED) is 0.742. The van der Waals surface area contributed by atoms with E-state index in [2.05, 4.69) is 39.2 Å². The van der Waals surface area contributed by atoms with Crippen molar-refractivity contribution >= 4 is 17.0 Å². The molecular formula is C17H19N3OS. The van der Waals surface area contributed by atoms with Gasteiger partial charge in [0, 0.05) is 32.0 Å². The van der Waals surface area contributed by atoms with Gasteiger partial charge < -0.3 is 9.14 Å². The van der Waals surface area contributed by atoms with Gasteiger partial charge in [-0.05, 0) is 41.4 Å². The van der Waals surface area contributed by atoms with Gasteiger partial charge in [-0.2, -0.15) is 11.3 Å². The van der Waals surface area contributed by atoms with Crippen molar-refractivity contribution in [1.29, 1.82) is 0 Å². The minimum atomic E-state index is 0.173. The molecule has 0 saturated carbocycles. The number of hydrogen-bond acceptors (Lipinski definition) is 4. The van der Waals surface area contributed by atoms with Gasteiger partial charge in [-0.25, -0.2) is 4.98 Å². The molecule has 3 aromatic rings. The molecule has 0 aromatic carbocycles. The molecule has 0 radical (unpaired) electrons. The van der Waals surface area contributed by atoms with Gasteiger partial charge in [0.1, 0.15) is 5.65 Å². The number of imidazole rings is 1. The Morgan fingerprint density at radius 3 is 3.09 bits per heavy atom. The zero-order chi connectivity index (χ0) is 14.9. The predicted molar refractivity (Wildman–Crippen MR) is 88.1 cm³/mol. The van der Waals surface area contributed by atoms with Crippen molar-refractivity contribution in [3.8, 4) is 0 Å². The highest BCUT2D eigenvalue weighted by Crippen LogP contribution is 2.27. The van der Waals surface area contributed by atoms with Crippen molar-refractivity contribution in [1.82, 2.24) is 14.3 Å². The van der Waals surface area contributed by atoms with Gasteiger partial charge in [-0.3, -0.25) is 4.90 Å². The summed E-state index contributed by atoms with van der Waals surface area (Å²) >= 11 is 1.73. The number of thiophene rings is 1. The fourth-order valence-corrected chi connectivity index (χ4v) is 3.80. The van der Waals surface area contributed by atoms with Crippen LogP contribution in [-0.4, -0.2) is 33.5 Å². The number of nitrogens with zero attached hydrogens (tertiary/aromatic N) is 3. The maximum absolute atomic E-state index is 6.10. The lowest BCUT2D eigenvalue weighted by atomic mass is 10.1. The summed E-state index contributed by atoms with van der Waals surface area (Å²) in [7, 11) is 0. The first-order valence-electron chi connectivity index (χ1n) is 7.60. The lowest BCUT2D eigenvalue weighted by Crippen LogP contribution is -2.42. The van der Waals surface area contributed by atoms with Crippen LogP contribution < -0.4 is 0 Å². The third-order valence-electron chi connectivity index (χ3n) is 4.05. The first-order chi connectivity index (χ1) is 10.8.